The van der Waals surface area contributed by atoms with Crippen molar-refractivity contribution in [2.75, 3.05) is 19.6 Å². The van der Waals surface area contributed by atoms with Crippen molar-refractivity contribution in [2.24, 2.45) is 0 Å². The minimum Gasteiger partial charge on any atom is -0.307 e. The summed E-state index contributed by atoms with van der Waals surface area (Å²) < 4.78 is 1.98. The maximum Gasteiger partial charge on any atom is 0.150 e. The fraction of sp³-hybridized carbons (Fsp3) is 0.429. The Morgan fingerprint density at radius 2 is 2.17 bits per heavy atom. The molecule has 1 fully saturated rings. The Morgan fingerprint density at radius 3 is 2.94 bits per heavy atom. The van der Waals surface area contributed by atoms with Gasteiger partial charge in [0.2, 0.25) is 0 Å². The third-order valence-electron chi connectivity index (χ3n) is 3.55. The zero-order chi connectivity index (χ0) is 12.4. The average molecular weight is 243 g/mol. The van der Waals surface area contributed by atoms with Gasteiger partial charge in [-0.05, 0) is 38.1 Å². The van der Waals surface area contributed by atoms with Crippen LogP contribution in [-0.2, 0) is 6.42 Å². The van der Waals surface area contributed by atoms with Crippen LogP contribution in [-0.4, -0.2) is 40.2 Å². The van der Waals surface area contributed by atoms with Gasteiger partial charge in [-0.3, -0.25) is 4.79 Å². The van der Waals surface area contributed by atoms with E-state index >= 15 is 0 Å². The lowest BCUT2D eigenvalue weighted by atomic mass is 10.3. The molecule has 3 heterocycles. The largest absolute Gasteiger partial charge is 0.307 e. The first-order valence-corrected chi connectivity index (χ1v) is 6.50. The number of carbonyl (C=O) groups excluding carboxylic acids is 1. The van der Waals surface area contributed by atoms with Crippen LogP contribution in [0, 0.1) is 0 Å². The highest BCUT2D eigenvalue weighted by atomic mass is 16.1. The lowest BCUT2D eigenvalue weighted by Gasteiger charge is -2.12. The van der Waals surface area contributed by atoms with Gasteiger partial charge in [0.15, 0.2) is 0 Å². The minimum atomic E-state index is 0.680. The van der Waals surface area contributed by atoms with Gasteiger partial charge in [-0.1, -0.05) is 0 Å². The van der Waals surface area contributed by atoms with E-state index in [0.29, 0.717) is 5.56 Å². The quantitative estimate of drug-likeness (QED) is 0.768. The Labute approximate surface area is 106 Å². The molecule has 0 aliphatic carbocycles. The van der Waals surface area contributed by atoms with Crippen LogP contribution in [0.5, 0.6) is 0 Å². The van der Waals surface area contributed by atoms with Crippen LogP contribution in [0.15, 0.2) is 24.5 Å². The second kappa shape index (κ2) is 4.90. The summed E-state index contributed by atoms with van der Waals surface area (Å²) in [7, 11) is 0. The highest BCUT2D eigenvalue weighted by Gasteiger charge is 2.11. The summed E-state index contributed by atoms with van der Waals surface area (Å²) >= 11 is 0. The van der Waals surface area contributed by atoms with Gasteiger partial charge in [0.25, 0.3) is 0 Å². The Balaban J connectivity index is 1.73. The lowest BCUT2D eigenvalue weighted by molar-refractivity contribution is 0.112. The monoisotopic (exact) mass is 243 g/mol. The summed E-state index contributed by atoms with van der Waals surface area (Å²) in [5.74, 6) is 0. The number of likely N-dealkylation sites (tertiary alicyclic amines) is 1. The zero-order valence-corrected chi connectivity index (χ0v) is 10.4. The molecule has 0 N–H and O–H groups in total. The molecule has 94 valence electrons. The van der Waals surface area contributed by atoms with Crippen LogP contribution in [0.2, 0.25) is 0 Å². The van der Waals surface area contributed by atoms with Crippen LogP contribution in [0.3, 0.4) is 0 Å². The van der Waals surface area contributed by atoms with Crippen molar-refractivity contribution >= 4 is 11.9 Å². The molecule has 0 saturated carbocycles. The van der Waals surface area contributed by atoms with Crippen LogP contribution < -0.4 is 0 Å². The second-order valence-corrected chi connectivity index (χ2v) is 4.87. The van der Waals surface area contributed by atoms with E-state index in [9.17, 15) is 4.79 Å². The first kappa shape index (κ1) is 11.4. The molecule has 0 atom stereocenters. The highest BCUT2D eigenvalue weighted by Crippen LogP contribution is 2.11. The molecule has 18 heavy (non-hydrogen) atoms. The number of fused-ring (bicyclic) bond motifs is 1. The number of hydrogen-bond donors (Lipinski definition) is 0. The fourth-order valence-electron chi connectivity index (χ4n) is 2.52. The first-order chi connectivity index (χ1) is 8.85. The minimum absolute atomic E-state index is 0.680. The van der Waals surface area contributed by atoms with Gasteiger partial charge in [0.05, 0.1) is 5.69 Å². The Hall–Kier alpha value is -1.68. The predicted molar refractivity (Wildman–Crippen MR) is 70.0 cm³/mol. The molecule has 0 amide bonds. The summed E-state index contributed by atoms with van der Waals surface area (Å²) in [6.07, 6.45) is 8.45. The van der Waals surface area contributed by atoms with Crippen molar-refractivity contribution in [2.45, 2.75) is 19.3 Å². The predicted octanol–water partition coefficient (Wildman–Crippen LogP) is 1.79. The normalized spacial score (nSPS) is 16.4. The van der Waals surface area contributed by atoms with Crippen LogP contribution in [0.4, 0.5) is 0 Å². The molecule has 1 aliphatic rings. The molecule has 3 rings (SSSR count). The number of aromatic nitrogens is 2. The summed E-state index contributed by atoms with van der Waals surface area (Å²) in [6.45, 7) is 3.54. The number of imidazole rings is 1. The van der Waals surface area contributed by atoms with E-state index in [1.54, 1.807) is 0 Å². The molecule has 0 spiro atoms. The SMILES string of the molecule is O=Cc1ccn2cc(CCN3CCCC3)nc2c1. The van der Waals surface area contributed by atoms with Crippen LogP contribution >= 0.6 is 0 Å². The number of aldehydes is 1. The second-order valence-electron chi connectivity index (χ2n) is 4.87. The summed E-state index contributed by atoms with van der Waals surface area (Å²) in [5.41, 5.74) is 2.64. The van der Waals surface area contributed by atoms with E-state index < -0.39 is 0 Å². The number of carbonyl (C=O) groups is 1. The van der Waals surface area contributed by atoms with E-state index in [2.05, 4.69) is 16.1 Å². The fourth-order valence-corrected chi connectivity index (χ4v) is 2.52. The number of pyridine rings is 1. The van der Waals surface area contributed by atoms with E-state index in [1.165, 1.54) is 25.9 Å². The van der Waals surface area contributed by atoms with Gasteiger partial charge >= 0.3 is 0 Å². The van der Waals surface area contributed by atoms with Gasteiger partial charge < -0.3 is 9.30 Å². The summed E-state index contributed by atoms with van der Waals surface area (Å²) in [6, 6.07) is 3.64. The van der Waals surface area contributed by atoms with Gasteiger partial charge in [-0.25, -0.2) is 4.98 Å². The number of hydrogen-bond acceptors (Lipinski definition) is 3. The Morgan fingerprint density at radius 1 is 1.33 bits per heavy atom. The molecule has 1 saturated heterocycles. The zero-order valence-electron chi connectivity index (χ0n) is 10.4. The van der Waals surface area contributed by atoms with Gasteiger partial charge in [-0.2, -0.15) is 0 Å². The maximum absolute atomic E-state index is 10.7. The topological polar surface area (TPSA) is 37.6 Å². The van der Waals surface area contributed by atoms with Crippen molar-refractivity contribution in [3.05, 3.63) is 35.8 Å². The van der Waals surface area contributed by atoms with Crippen LogP contribution in [0.1, 0.15) is 28.9 Å². The van der Waals surface area contributed by atoms with Gasteiger partial charge in [-0.15, -0.1) is 0 Å². The van der Waals surface area contributed by atoms with E-state index in [-0.39, 0.29) is 0 Å². The van der Waals surface area contributed by atoms with Crippen LogP contribution in [0.25, 0.3) is 5.65 Å². The van der Waals surface area contributed by atoms with Crippen molar-refractivity contribution in [1.29, 1.82) is 0 Å². The third kappa shape index (κ3) is 2.29. The van der Waals surface area contributed by atoms with Crippen molar-refractivity contribution in [3.8, 4) is 0 Å². The Bertz CT molecular complexity index is 555. The Kier molecular flexibility index (Phi) is 3.11. The molecular weight excluding hydrogens is 226 g/mol. The molecular formula is C14H17N3O. The summed E-state index contributed by atoms with van der Waals surface area (Å²) in [5, 5.41) is 0. The van der Waals surface area contributed by atoms with Gasteiger partial charge in [0.1, 0.15) is 11.9 Å². The molecule has 2 aromatic rings. The lowest BCUT2D eigenvalue weighted by Crippen LogP contribution is -2.21. The number of nitrogens with zero attached hydrogens (tertiary/aromatic N) is 3. The van der Waals surface area contributed by atoms with Crippen molar-refractivity contribution < 1.29 is 4.79 Å². The molecule has 2 aromatic heterocycles. The standard InChI is InChI=1S/C14H17N3O/c18-11-12-3-8-17-10-13(15-14(17)9-12)4-7-16-5-1-2-6-16/h3,8-11H,1-2,4-7H2. The summed E-state index contributed by atoms with van der Waals surface area (Å²) in [4.78, 5) is 17.8. The van der Waals surface area contributed by atoms with Crippen molar-refractivity contribution in [3.63, 3.8) is 0 Å². The highest BCUT2D eigenvalue weighted by molar-refractivity contribution is 5.76. The first-order valence-electron chi connectivity index (χ1n) is 6.50. The third-order valence-corrected chi connectivity index (χ3v) is 3.55. The molecule has 4 nitrogen and oxygen atoms in total. The average Bonchev–Trinajstić information content (AvgIpc) is 3.04. The van der Waals surface area contributed by atoms with E-state index in [4.69, 9.17) is 0 Å². The molecule has 0 radical (unpaired) electrons. The van der Waals surface area contributed by atoms with E-state index in [0.717, 1.165) is 30.6 Å². The number of rotatable bonds is 4. The molecule has 0 bridgehead atoms. The molecule has 0 unspecified atom stereocenters. The van der Waals surface area contributed by atoms with E-state index in [1.807, 2.05) is 22.7 Å². The maximum atomic E-state index is 10.7. The van der Waals surface area contributed by atoms with Crippen molar-refractivity contribution in [1.82, 2.24) is 14.3 Å². The molecule has 0 aromatic carbocycles. The molecule has 1 aliphatic heterocycles. The molecule has 4 heteroatoms. The van der Waals surface area contributed by atoms with Gasteiger partial charge in [0, 0.05) is 30.9 Å². The smallest absolute Gasteiger partial charge is 0.150 e.